The topological polar surface area (TPSA) is 13.1 Å². The molecule has 3 heteroatoms. The minimum Gasteiger partial charge on any atom is -0.315 e. The molecule has 45 heavy (non-hydrogen) atoms. The van der Waals surface area contributed by atoms with Gasteiger partial charge in [0, 0.05) is 50.5 Å². The smallest absolute Gasteiger partial charge is 0.0788 e. The number of para-hydroxylation sites is 3. The van der Waals surface area contributed by atoms with Gasteiger partial charge >= 0.3 is 0 Å². The molecule has 0 radical (unpaired) electrons. The fourth-order valence-corrected chi connectivity index (χ4v) is 6.90. The Kier molecular flexibility index (Phi) is 5.82. The molecule has 0 atom stereocenters. The van der Waals surface area contributed by atoms with Gasteiger partial charge in [-0.3, -0.25) is 0 Å². The van der Waals surface area contributed by atoms with E-state index >= 15 is 0 Å². The van der Waals surface area contributed by atoms with Crippen molar-refractivity contribution < 1.29 is 0 Å². The number of hydrogen-bond donors (Lipinski definition) is 0. The zero-order valence-corrected chi connectivity index (χ0v) is 24.6. The summed E-state index contributed by atoms with van der Waals surface area (Å²) in [6.07, 6.45) is 2.20. The van der Waals surface area contributed by atoms with Crippen LogP contribution in [0.3, 0.4) is 0 Å². The fraction of sp³-hybridized carbons (Fsp3) is 0. The normalized spacial score (nSPS) is 11.6. The quantitative estimate of drug-likeness (QED) is 0.199. The Morgan fingerprint density at radius 3 is 1.87 bits per heavy atom. The first kappa shape index (κ1) is 25.4. The molecule has 0 fully saturated rings. The van der Waals surface area contributed by atoms with Crippen molar-refractivity contribution in [2.24, 2.45) is 0 Å². The van der Waals surface area contributed by atoms with Crippen LogP contribution in [0.1, 0.15) is 0 Å². The molecule has 7 aromatic carbocycles. The highest BCUT2D eigenvalue weighted by molar-refractivity contribution is 6.18. The third-order valence-corrected chi connectivity index (χ3v) is 8.91. The van der Waals surface area contributed by atoms with Gasteiger partial charge in [0.2, 0.25) is 0 Å². The highest BCUT2D eigenvalue weighted by Crippen LogP contribution is 2.40. The van der Waals surface area contributed by atoms with Crippen molar-refractivity contribution in [3.8, 4) is 11.4 Å². The van der Waals surface area contributed by atoms with E-state index in [1.165, 1.54) is 43.5 Å². The van der Waals surface area contributed by atoms with Gasteiger partial charge in [0.25, 0.3) is 0 Å². The number of hydrogen-bond acceptors (Lipinski definition) is 1. The number of benzene rings is 7. The van der Waals surface area contributed by atoms with Crippen molar-refractivity contribution >= 4 is 60.5 Å². The Hall–Kier alpha value is -6.06. The maximum atomic E-state index is 2.41. The molecule has 2 heterocycles. The Morgan fingerprint density at radius 1 is 0.378 bits per heavy atom. The first-order valence-corrected chi connectivity index (χ1v) is 15.4. The summed E-state index contributed by atoms with van der Waals surface area (Å²) in [7, 11) is 0. The van der Waals surface area contributed by atoms with Gasteiger partial charge in [0.15, 0.2) is 0 Å². The van der Waals surface area contributed by atoms with Crippen LogP contribution in [0.2, 0.25) is 0 Å². The molecule has 0 bridgehead atoms. The number of anilines is 3. The second-order valence-electron chi connectivity index (χ2n) is 11.5. The lowest BCUT2D eigenvalue weighted by Crippen LogP contribution is -2.10. The van der Waals surface area contributed by atoms with E-state index in [9.17, 15) is 0 Å². The lowest BCUT2D eigenvalue weighted by Gasteiger charge is -2.27. The van der Waals surface area contributed by atoms with Gasteiger partial charge in [-0.15, -0.1) is 0 Å². The molecule has 212 valence electrons. The number of aromatic nitrogens is 2. The average Bonchev–Trinajstić information content (AvgIpc) is 3.69. The first-order chi connectivity index (χ1) is 22.3. The standard InChI is InChI=1S/C42H29N3/c1-3-14-33(15-4-1)44(39-21-11-13-30-12-7-8-18-36(30)39)35-25-23-32(24-26-35)43-29-28-31-22-27-38-37-19-9-10-20-40(37)45(42(38)41(31)43)34-16-5-2-6-17-34/h1-29H. The van der Waals surface area contributed by atoms with Crippen molar-refractivity contribution in [2.45, 2.75) is 0 Å². The lowest BCUT2D eigenvalue weighted by atomic mass is 10.1. The highest BCUT2D eigenvalue weighted by atomic mass is 15.1. The highest BCUT2D eigenvalue weighted by Gasteiger charge is 2.19. The van der Waals surface area contributed by atoms with E-state index in [-0.39, 0.29) is 0 Å². The largest absolute Gasteiger partial charge is 0.315 e. The van der Waals surface area contributed by atoms with Crippen molar-refractivity contribution in [3.05, 3.63) is 176 Å². The van der Waals surface area contributed by atoms with E-state index in [0.29, 0.717) is 0 Å². The number of rotatable bonds is 5. The molecule has 0 unspecified atom stereocenters. The Morgan fingerprint density at radius 2 is 1.04 bits per heavy atom. The van der Waals surface area contributed by atoms with Gasteiger partial charge in [-0.25, -0.2) is 0 Å². The summed E-state index contributed by atoms with van der Waals surface area (Å²) in [5.74, 6) is 0. The summed E-state index contributed by atoms with van der Waals surface area (Å²) in [6.45, 7) is 0. The second-order valence-corrected chi connectivity index (χ2v) is 11.5. The summed E-state index contributed by atoms with van der Waals surface area (Å²) in [5, 5.41) is 6.18. The predicted octanol–water partition coefficient (Wildman–Crippen LogP) is 11.4. The predicted molar refractivity (Wildman–Crippen MR) is 190 cm³/mol. The summed E-state index contributed by atoms with van der Waals surface area (Å²) < 4.78 is 4.75. The van der Waals surface area contributed by atoms with Gasteiger partial charge in [0.05, 0.1) is 22.2 Å². The Bertz CT molecular complexity index is 2460. The van der Waals surface area contributed by atoms with Gasteiger partial charge in [-0.2, -0.15) is 0 Å². The Labute approximate surface area is 261 Å². The molecule has 9 rings (SSSR count). The van der Waals surface area contributed by atoms with Crippen LogP contribution in [0.4, 0.5) is 17.1 Å². The first-order valence-electron chi connectivity index (χ1n) is 15.4. The summed E-state index contributed by atoms with van der Waals surface area (Å²) in [4.78, 5) is 2.35. The number of fused-ring (bicyclic) bond motifs is 6. The molecule has 9 aromatic rings. The van der Waals surface area contributed by atoms with E-state index in [1.54, 1.807) is 0 Å². The summed E-state index contributed by atoms with van der Waals surface area (Å²) in [5.41, 5.74) is 9.31. The summed E-state index contributed by atoms with van der Waals surface area (Å²) in [6, 6.07) is 60.9. The van der Waals surface area contributed by atoms with Gasteiger partial charge < -0.3 is 14.0 Å². The number of nitrogens with zero attached hydrogens (tertiary/aromatic N) is 3. The van der Waals surface area contributed by atoms with Crippen LogP contribution in [0.15, 0.2) is 176 Å². The molecule has 0 saturated heterocycles. The van der Waals surface area contributed by atoms with Gasteiger partial charge in [-0.05, 0) is 72.1 Å². The van der Waals surface area contributed by atoms with Crippen molar-refractivity contribution in [1.82, 2.24) is 9.13 Å². The van der Waals surface area contributed by atoms with E-state index in [1.807, 2.05) is 0 Å². The molecule has 0 saturated carbocycles. The van der Waals surface area contributed by atoms with Crippen molar-refractivity contribution in [1.29, 1.82) is 0 Å². The monoisotopic (exact) mass is 575 g/mol. The molecular weight excluding hydrogens is 546 g/mol. The van der Waals surface area contributed by atoms with E-state index in [4.69, 9.17) is 0 Å². The van der Waals surface area contributed by atoms with Crippen molar-refractivity contribution in [3.63, 3.8) is 0 Å². The molecule has 0 N–H and O–H groups in total. The molecule has 0 aliphatic heterocycles. The maximum absolute atomic E-state index is 2.41. The minimum atomic E-state index is 1.11. The molecule has 0 spiro atoms. The minimum absolute atomic E-state index is 1.11. The fourth-order valence-electron chi connectivity index (χ4n) is 6.90. The lowest BCUT2D eigenvalue weighted by molar-refractivity contribution is 1.11. The molecular formula is C42H29N3. The van der Waals surface area contributed by atoms with E-state index < -0.39 is 0 Å². The SMILES string of the molecule is c1ccc(N(c2ccc(-n3ccc4ccc5c6ccccc6n(-c6ccccc6)c5c43)cc2)c2cccc3ccccc23)cc1. The van der Waals surface area contributed by atoms with Crippen LogP contribution >= 0.6 is 0 Å². The van der Waals surface area contributed by atoms with Crippen LogP contribution in [0.25, 0.3) is 54.9 Å². The van der Waals surface area contributed by atoms with E-state index in [0.717, 1.165) is 28.4 Å². The van der Waals surface area contributed by atoms with Crippen molar-refractivity contribution in [2.75, 3.05) is 4.90 Å². The van der Waals surface area contributed by atoms with Gasteiger partial charge in [0.1, 0.15) is 0 Å². The van der Waals surface area contributed by atoms with Crippen LogP contribution in [0, 0.1) is 0 Å². The molecule has 2 aromatic heterocycles. The molecule has 0 aliphatic rings. The van der Waals surface area contributed by atoms with E-state index in [2.05, 4.69) is 190 Å². The maximum Gasteiger partial charge on any atom is 0.0788 e. The van der Waals surface area contributed by atoms with Crippen LogP contribution in [-0.2, 0) is 0 Å². The third-order valence-electron chi connectivity index (χ3n) is 8.91. The second kappa shape index (κ2) is 10.3. The Balaban J connectivity index is 1.24. The average molecular weight is 576 g/mol. The molecule has 0 aliphatic carbocycles. The van der Waals surface area contributed by atoms with Gasteiger partial charge in [-0.1, -0.05) is 103 Å². The third kappa shape index (κ3) is 4.05. The van der Waals surface area contributed by atoms with Crippen LogP contribution in [-0.4, -0.2) is 9.13 Å². The molecule has 0 amide bonds. The zero-order valence-electron chi connectivity index (χ0n) is 24.6. The van der Waals surface area contributed by atoms with Crippen LogP contribution < -0.4 is 4.90 Å². The van der Waals surface area contributed by atoms with Crippen LogP contribution in [0.5, 0.6) is 0 Å². The summed E-state index contributed by atoms with van der Waals surface area (Å²) >= 11 is 0. The molecule has 3 nitrogen and oxygen atoms in total. The zero-order chi connectivity index (χ0) is 29.7.